The normalized spacial score (nSPS) is 13.5. The lowest BCUT2D eigenvalue weighted by atomic mass is 10.2. The maximum absolute atomic E-state index is 12.6. The molecule has 0 bridgehead atoms. The molecule has 2 aromatic carbocycles. The van der Waals surface area contributed by atoms with Gasteiger partial charge in [-0.05, 0) is 30.3 Å². The fourth-order valence-corrected chi connectivity index (χ4v) is 5.40. The summed E-state index contributed by atoms with van der Waals surface area (Å²) in [7, 11) is 0. The zero-order valence-electron chi connectivity index (χ0n) is 17.9. The largest absolute Gasteiger partial charge is 0.336 e. The molecule has 6 nitrogen and oxygen atoms in total. The molecule has 0 aliphatic rings. The first-order valence-electron chi connectivity index (χ1n) is 9.95. The molecule has 0 saturated carbocycles. The molecule has 3 aromatic rings. The van der Waals surface area contributed by atoms with Gasteiger partial charge in [0.05, 0.1) is 0 Å². The molecule has 0 fully saturated rings. The summed E-state index contributed by atoms with van der Waals surface area (Å²) in [6.45, 7) is 0. The number of amides is 2. The number of alkyl halides is 6. The van der Waals surface area contributed by atoms with Crippen LogP contribution in [0.5, 0.6) is 0 Å². The molecule has 0 aliphatic carbocycles. The Morgan fingerprint density at radius 2 is 1.14 bits per heavy atom. The summed E-state index contributed by atoms with van der Waals surface area (Å²) >= 11 is 38.7. The van der Waals surface area contributed by atoms with Crippen LogP contribution in [0, 0.1) is 0 Å². The van der Waals surface area contributed by atoms with Crippen molar-refractivity contribution in [2.45, 2.75) is 28.5 Å². The number of thioether (sulfide) groups is 2. The number of carbonyl (C=O) groups excluding carboxylic acids is 2. The van der Waals surface area contributed by atoms with Gasteiger partial charge in [-0.15, -0.1) is 0 Å². The molecule has 0 saturated heterocycles. The summed E-state index contributed by atoms with van der Waals surface area (Å²) in [5, 5.41) is 3.89. The topological polar surface area (TPSA) is 84.0 Å². The van der Waals surface area contributed by atoms with E-state index in [-0.39, 0.29) is 5.16 Å². The fourth-order valence-electron chi connectivity index (χ4n) is 2.61. The van der Waals surface area contributed by atoms with E-state index in [1.165, 1.54) is 6.20 Å². The minimum absolute atomic E-state index is 0.183. The zero-order chi connectivity index (χ0) is 26.3. The molecule has 1 aromatic heterocycles. The third-order valence-electron chi connectivity index (χ3n) is 4.26. The van der Waals surface area contributed by atoms with Crippen molar-refractivity contribution < 1.29 is 9.59 Å². The molecule has 2 N–H and O–H groups in total. The average Bonchev–Trinajstić information content (AvgIpc) is 2.83. The second kappa shape index (κ2) is 13.1. The standard InChI is InChI=1S/C22H16Cl6N4O2S2/c23-21(24,25)18(31-16(33)13-7-3-1-4-8-13)35-15-11-12-29-20(30-15)36-19(22(26,27)28)32-17(34)14-9-5-2-6-10-14/h1-12,18-19H,(H,31,33)(H,32,34)/t18-,19+/m1/s1. The first kappa shape index (κ1) is 29.5. The Kier molecular flexibility index (Phi) is 10.7. The summed E-state index contributed by atoms with van der Waals surface area (Å²) < 4.78 is -3.75. The van der Waals surface area contributed by atoms with Gasteiger partial charge in [0.15, 0.2) is 5.16 Å². The smallest absolute Gasteiger partial charge is 0.252 e. The van der Waals surface area contributed by atoms with Gasteiger partial charge in [0.1, 0.15) is 15.8 Å². The van der Waals surface area contributed by atoms with E-state index >= 15 is 0 Å². The Hall–Kier alpha value is -1.10. The second-order valence-corrected chi connectivity index (χ2v) is 13.9. The summed E-state index contributed by atoms with van der Waals surface area (Å²) in [6, 6.07) is 18.5. The van der Waals surface area contributed by atoms with Gasteiger partial charge in [0, 0.05) is 17.3 Å². The van der Waals surface area contributed by atoms with Crippen LogP contribution in [0.4, 0.5) is 0 Å². The van der Waals surface area contributed by atoms with Gasteiger partial charge >= 0.3 is 0 Å². The quantitative estimate of drug-likeness (QED) is 0.0911. The fraction of sp³-hybridized carbons (Fsp3) is 0.182. The highest BCUT2D eigenvalue weighted by molar-refractivity contribution is 8.00. The molecular weight excluding hydrogens is 629 g/mol. The van der Waals surface area contributed by atoms with Gasteiger partial charge in [-0.1, -0.05) is 130 Å². The van der Waals surface area contributed by atoms with Crippen LogP contribution in [-0.4, -0.2) is 40.1 Å². The average molecular weight is 645 g/mol. The van der Waals surface area contributed by atoms with Crippen LogP contribution < -0.4 is 10.6 Å². The van der Waals surface area contributed by atoms with Crippen LogP contribution in [0.3, 0.4) is 0 Å². The Labute approximate surface area is 246 Å². The highest BCUT2D eigenvalue weighted by atomic mass is 35.6. The lowest BCUT2D eigenvalue weighted by Crippen LogP contribution is -2.41. The number of benzene rings is 2. The van der Waals surface area contributed by atoms with E-state index in [4.69, 9.17) is 69.6 Å². The predicted molar refractivity (Wildman–Crippen MR) is 150 cm³/mol. The van der Waals surface area contributed by atoms with Crippen molar-refractivity contribution in [2.75, 3.05) is 0 Å². The number of hydrogen-bond donors (Lipinski definition) is 2. The van der Waals surface area contributed by atoms with Crippen molar-refractivity contribution in [3.8, 4) is 0 Å². The molecule has 36 heavy (non-hydrogen) atoms. The van der Waals surface area contributed by atoms with Crippen LogP contribution in [0.15, 0.2) is 83.1 Å². The maximum Gasteiger partial charge on any atom is 0.252 e. The molecule has 0 radical (unpaired) electrons. The van der Waals surface area contributed by atoms with E-state index in [0.717, 1.165) is 23.5 Å². The van der Waals surface area contributed by atoms with Crippen LogP contribution in [0.1, 0.15) is 20.7 Å². The molecule has 190 valence electrons. The first-order chi connectivity index (χ1) is 16.9. The molecule has 14 heteroatoms. The molecule has 2 atom stereocenters. The van der Waals surface area contributed by atoms with Crippen molar-refractivity contribution in [2.24, 2.45) is 0 Å². The highest BCUT2D eigenvalue weighted by Gasteiger charge is 2.37. The number of hydrogen-bond acceptors (Lipinski definition) is 6. The number of rotatable bonds is 8. The zero-order valence-corrected chi connectivity index (χ0v) is 24.0. The van der Waals surface area contributed by atoms with Crippen LogP contribution in [-0.2, 0) is 0 Å². The Morgan fingerprint density at radius 3 is 1.58 bits per heavy atom. The minimum atomic E-state index is -1.88. The highest BCUT2D eigenvalue weighted by Crippen LogP contribution is 2.41. The minimum Gasteiger partial charge on any atom is -0.336 e. The molecule has 2 amide bonds. The third-order valence-corrected chi connectivity index (χ3v) is 8.64. The van der Waals surface area contributed by atoms with Gasteiger partial charge in [0.25, 0.3) is 11.8 Å². The number of nitrogens with one attached hydrogen (secondary N) is 2. The van der Waals surface area contributed by atoms with E-state index in [2.05, 4.69) is 20.6 Å². The van der Waals surface area contributed by atoms with Gasteiger partial charge < -0.3 is 10.6 Å². The number of aromatic nitrogens is 2. The number of halogens is 6. The van der Waals surface area contributed by atoms with E-state index in [1.807, 2.05) is 0 Å². The molecule has 0 aliphatic heterocycles. The van der Waals surface area contributed by atoms with Crippen molar-refractivity contribution in [3.05, 3.63) is 84.1 Å². The molecule has 3 rings (SSSR count). The summed E-state index contributed by atoms with van der Waals surface area (Å²) in [6.07, 6.45) is 1.46. The van der Waals surface area contributed by atoms with Crippen molar-refractivity contribution >= 4 is 105 Å². The van der Waals surface area contributed by atoms with Gasteiger partial charge in [-0.3, -0.25) is 9.59 Å². The van der Waals surface area contributed by atoms with E-state index in [1.54, 1.807) is 66.7 Å². The summed E-state index contributed by atoms with van der Waals surface area (Å²) in [5.41, 5.74) is 0.790. The van der Waals surface area contributed by atoms with Crippen molar-refractivity contribution in [1.82, 2.24) is 20.6 Å². The monoisotopic (exact) mass is 642 g/mol. The van der Waals surface area contributed by atoms with Gasteiger partial charge in [-0.25, -0.2) is 9.97 Å². The Balaban J connectivity index is 1.75. The lowest BCUT2D eigenvalue weighted by molar-refractivity contribution is 0.0942. The van der Waals surface area contributed by atoms with Gasteiger partial charge in [0.2, 0.25) is 7.59 Å². The number of nitrogens with zero attached hydrogens (tertiary/aromatic N) is 2. The van der Waals surface area contributed by atoms with Crippen LogP contribution in [0.2, 0.25) is 0 Å². The maximum atomic E-state index is 12.6. The van der Waals surface area contributed by atoms with Crippen LogP contribution >= 0.6 is 93.1 Å². The van der Waals surface area contributed by atoms with E-state index in [9.17, 15) is 9.59 Å². The Morgan fingerprint density at radius 1 is 0.694 bits per heavy atom. The van der Waals surface area contributed by atoms with E-state index < -0.39 is 30.1 Å². The van der Waals surface area contributed by atoms with Crippen LogP contribution in [0.25, 0.3) is 0 Å². The number of carbonyl (C=O) groups is 2. The lowest BCUT2D eigenvalue weighted by Gasteiger charge is -2.25. The molecular formula is C22H16Cl6N4O2S2. The Bertz CT molecular complexity index is 1090. The third kappa shape index (κ3) is 9.03. The SMILES string of the molecule is O=C(N[C@H](Sc1ccnc(S[C@H](NC(=O)c2ccccc2)C(Cl)(Cl)Cl)n1)C(Cl)(Cl)Cl)c1ccccc1. The molecule has 1 heterocycles. The van der Waals surface area contributed by atoms with Crippen molar-refractivity contribution in [1.29, 1.82) is 0 Å². The first-order valence-corrected chi connectivity index (χ1v) is 14.0. The summed E-state index contributed by atoms with van der Waals surface area (Å²) in [5.74, 6) is -0.868. The molecule has 0 spiro atoms. The van der Waals surface area contributed by atoms with Gasteiger partial charge in [-0.2, -0.15) is 0 Å². The van der Waals surface area contributed by atoms with E-state index in [0.29, 0.717) is 16.2 Å². The predicted octanol–water partition coefficient (Wildman–Crippen LogP) is 6.91. The second-order valence-electron chi connectivity index (χ2n) is 6.94. The molecule has 0 unspecified atom stereocenters. The summed E-state index contributed by atoms with van der Waals surface area (Å²) in [4.78, 5) is 33.8. The van der Waals surface area contributed by atoms with Crippen molar-refractivity contribution in [3.63, 3.8) is 0 Å².